The Bertz CT molecular complexity index is 806. The zero-order chi connectivity index (χ0) is 19.6. The van der Waals surface area contributed by atoms with E-state index in [1.165, 1.54) is 19.3 Å². The smallest absolute Gasteiger partial charge is 0.246 e. The Morgan fingerprint density at radius 2 is 1.63 bits per heavy atom. The van der Waals surface area contributed by atoms with E-state index in [-0.39, 0.29) is 13.1 Å². The zero-order valence-electron chi connectivity index (χ0n) is 14.8. The lowest BCUT2D eigenvalue weighted by molar-refractivity contribution is 0.259. The maximum absolute atomic E-state index is 13.9. The number of piperazine rings is 1. The maximum atomic E-state index is 13.9. The van der Waals surface area contributed by atoms with Crippen LogP contribution in [0.1, 0.15) is 32.1 Å². The fourth-order valence-corrected chi connectivity index (χ4v) is 5.32. The Morgan fingerprint density at radius 3 is 2.26 bits per heavy atom. The lowest BCUT2D eigenvalue weighted by Crippen LogP contribution is -2.54. The Labute approximate surface area is 162 Å². The summed E-state index contributed by atoms with van der Waals surface area (Å²) in [6.45, 7) is 0.882. The van der Waals surface area contributed by atoms with E-state index in [1.807, 2.05) is 4.90 Å². The van der Waals surface area contributed by atoms with E-state index in [0.29, 0.717) is 30.3 Å². The van der Waals surface area contributed by atoms with E-state index in [2.05, 4.69) is 5.32 Å². The van der Waals surface area contributed by atoms with E-state index < -0.39 is 32.4 Å². The summed E-state index contributed by atoms with van der Waals surface area (Å²) < 4.78 is 66.7. The number of hydrogen-bond acceptors (Lipinski definition) is 3. The summed E-state index contributed by atoms with van der Waals surface area (Å²) in [6.07, 6.45) is 5.73. The lowest BCUT2D eigenvalue weighted by atomic mass is 9.96. The normalized spacial score (nSPS) is 19.9. The van der Waals surface area contributed by atoms with Crippen molar-refractivity contribution in [3.63, 3.8) is 0 Å². The van der Waals surface area contributed by atoms with Gasteiger partial charge in [-0.05, 0) is 37.2 Å². The third-order valence-electron chi connectivity index (χ3n) is 5.08. The quantitative estimate of drug-likeness (QED) is 0.601. The molecule has 0 spiro atoms. The van der Waals surface area contributed by atoms with Crippen LogP contribution in [0.3, 0.4) is 0 Å². The highest BCUT2D eigenvalue weighted by Gasteiger charge is 2.33. The van der Waals surface area contributed by atoms with Crippen molar-refractivity contribution >= 4 is 27.4 Å². The number of thiocarbonyl (C=S) groups is 1. The van der Waals surface area contributed by atoms with Crippen LogP contribution in [0.5, 0.6) is 0 Å². The van der Waals surface area contributed by atoms with Crippen LogP contribution in [0.15, 0.2) is 17.0 Å². The van der Waals surface area contributed by atoms with Crippen molar-refractivity contribution in [1.82, 2.24) is 14.5 Å². The largest absolute Gasteiger partial charge is 0.360 e. The zero-order valence-corrected chi connectivity index (χ0v) is 16.4. The third kappa shape index (κ3) is 4.38. The second-order valence-electron chi connectivity index (χ2n) is 6.85. The van der Waals surface area contributed by atoms with Gasteiger partial charge in [-0.2, -0.15) is 4.31 Å². The minimum Gasteiger partial charge on any atom is -0.360 e. The van der Waals surface area contributed by atoms with Crippen molar-refractivity contribution in [3.8, 4) is 0 Å². The molecule has 5 nitrogen and oxygen atoms in total. The first kappa shape index (κ1) is 20.3. The molecule has 1 heterocycles. The highest BCUT2D eigenvalue weighted by Crippen LogP contribution is 2.24. The molecule has 1 saturated heterocycles. The van der Waals surface area contributed by atoms with E-state index >= 15 is 0 Å². The molecule has 1 N–H and O–H groups in total. The summed E-state index contributed by atoms with van der Waals surface area (Å²) in [5.41, 5.74) is 0. The molecule has 0 radical (unpaired) electrons. The molecule has 0 unspecified atom stereocenters. The first-order valence-electron chi connectivity index (χ1n) is 9.00. The molecule has 0 bridgehead atoms. The van der Waals surface area contributed by atoms with Gasteiger partial charge in [0.05, 0.1) is 0 Å². The van der Waals surface area contributed by atoms with Crippen molar-refractivity contribution in [3.05, 3.63) is 29.6 Å². The van der Waals surface area contributed by atoms with E-state index in [4.69, 9.17) is 12.2 Å². The van der Waals surface area contributed by atoms with Gasteiger partial charge < -0.3 is 10.2 Å². The van der Waals surface area contributed by atoms with Gasteiger partial charge >= 0.3 is 0 Å². The van der Waals surface area contributed by atoms with E-state index in [9.17, 15) is 21.6 Å². The SMILES string of the molecule is O=S(=O)(c1ccc(F)c(F)c1F)N1CCN(C(=S)NC2CCCCC2)CC1. The number of sulfonamides is 1. The number of nitrogens with zero attached hydrogens (tertiary/aromatic N) is 2. The van der Waals surface area contributed by atoms with Crippen molar-refractivity contribution in [2.45, 2.75) is 43.0 Å². The van der Waals surface area contributed by atoms with Crippen LogP contribution >= 0.6 is 12.2 Å². The Balaban J connectivity index is 1.63. The first-order valence-corrected chi connectivity index (χ1v) is 10.8. The molecule has 1 aromatic rings. The predicted octanol–water partition coefficient (Wildman–Crippen LogP) is 2.62. The summed E-state index contributed by atoms with van der Waals surface area (Å²) >= 11 is 5.43. The van der Waals surface area contributed by atoms with Gasteiger partial charge in [0.15, 0.2) is 22.6 Å². The molecule has 1 aromatic carbocycles. The van der Waals surface area contributed by atoms with E-state index in [1.54, 1.807) is 0 Å². The van der Waals surface area contributed by atoms with Gasteiger partial charge in [-0.3, -0.25) is 0 Å². The molecule has 1 aliphatic carbocycles. The maximum Gasteiger partial charge on any atom is 0.246 e. The van der Waals surface area contributed by atoms with Crippen LogP contribution in [-0.2, 0) is 10.0 Å². The molecule has 2 aliphatic rings. The predicted molar refractivity (Wildman–Crippen MR) is 99.3 cm³/mol. The van der Waals surface area contributed by atoms with Crippen LogP contribution < -0.4 is 5.32 Å². The molecule has 3 rings (SSSR count). The summed E-state index contributed by atoms with van der Waals surface area (Å²) in [5.74, 6) is -4.89. The third-order valence-corrected chi connectivity index (χ3v) is 7.37. The molecular weight excluding hydrogens is 399 g/mol. The molecule has 0 aromatic heterocycles. The number of hydrogen-bond donors (Lipinski definition) is 1. The summed E-state index contributed by atoms with van der Waals surface area (Å²) in [6, 6.07) is 1.72. The standard InChI is InChI=1S/C17H22F3N3O2S2/c18-13-6-7-14(16(20)15(13)19)27(24,25)23-10-8-22(9-11-23)17(26)21-12-4-2-1-3-5-12/h6-7,12H,1-5,8-11H2,(H,21,26). The van der Waals surface area contributed by atoms with E-state index in [0.717, 1.165) is 23.2 Å². The van der Waals surface area contributed by atoms with Crippen LogP contribution in [0.25, 0.3) is 0 Å². The molecule has 150 valence electrons. The van der Waals surface area contributed by atoms with Crippen molar-refractivity contribution in [2.75, 3.05) is 26.2 Å². The van der Waals surface area contributed by atoms with Crippen molar-refractivity contribution in [2.24, 2.45) is 0 Å². The van der Waals surface area contributed by atoms with Crippen LogP contribution in [0.2, 0.25) is 0 Å². The molecule has 1 aliphatic heterocycles. The minimum absolute atomic E-state index is 0.0905. The number of nitrogens with one attached hydrogen (secondary N) is 1. The van der Waals surface area contributed by atoms with Gasteiger partial charge in [0.1, 0.15) is 4.90 Å². The second kappa shape index (κ2) is 8.32. The van der Waals surface area contributed by atoms with Crippen LogP contribution in [-0.4, -0.2) is 55.0 Å². The molecular formula is C17H22F3N3O2S2. The molecule has 27 heavy (non-hydrogen) atoms. The molecule has 10 heteroatoms. The first-order chi connectivity index (χ1) is 12.8. The summed E-state index contributed by atoms with van der Waals surface area (Å²) in [7, 11) is -4.25. The van der Waals surface area contributed by atoms with Crippen LogP contribution in [0.4, 0.5) is 13.2 Å². The van der Waals surface area contributed by atoms with Gasteiger partial charge in [-0.1, -0.05) is 19.3 Å². The average molecular weight is 422 g/mol. The van der Waals surface area contributed by atoms with Crippen molar-refractivity contribution in [1.29, 1.82) is 0 Å². The lowest BCUT2D eigenvalue weighted by Gasteiger charge is -2.37. The molecule has 2 fully saturated rings. The van der Waals surface area contributed by atoms with Crippen molar-refractivity contribution < 1.29 is 21.6 Å². The summed E-state index contributed by atoms with van der Waals surface area (Å²) in [4.78, 5) is 1.04. The Morgan fingerprint density at radius 1 is 1.00 bits per heavy atom. The minimum atomic E-state index is -4.25. The average Bonchev–Trinajstić information content (AvgIpc) is 2.67. The van der Waals surface area contributed by atoms with Gasteiger partial charge in [0, 0.05) is 32.2 Å². The monoisotopic (exact) mass is 421 g/mol. The Kier molecular flexibility index (Phi) is 6.27. The number of halogens is 3. The van der Waals surface area contributed by atoms with Gasteiger partial charge in [0.2, 0.25) is 10.0 Å². The molecule has 0 atom stereocenters. The second-order valence-corrected chi connectivity index (χ2v) is 9.14. The topological polar surface area (TPSA) is 52.7 Å². The van der Waals surface area contributed by atoms with Gasteiger partial charge in [-0.15, -0.1) is 0 Å². The summed E-state index contributed by atoms with van der Waals surface area (Å²) in [5, 5.41) is 3.93. The number of rotatable bonds is 3. The van der Waals surface area contributed by atoms with Gasteiger partial charge in [0.25, 0.3) is 0 Å². The number of benzene rings is 1. The Hall–Kier alpha value is -1.39. The fraction of sp³-hybridized carbons (Fsp3) is 0.588. The van der Waals surface area contributed by atoms with Gasteiger partial charge in [-0.25, -0.2) is 21.6 Å². The molecule has 0 amide bonds. The molecule has 1 saturated carbocycles. The highest BCUT2D eigenvalue weighted by atomic mass is 32.2. The fourth-order valence-electron chi connectivity index (χ4n) is 3.49. The van der Waals surface area contributed by atoms with Crippen LogP contribution in [0, 0.1) is 17.5 Å². The highest BCUT2D eigenvalue weighted by molar-refractivity contribution is 7.89.